The number of benzene rings is 2. The molecule has 0 unspecified atom stereocenters. The van der Waals surface area contributed by atoms with Crippen LogP contribution in [0, 0.1) is 0 Å². The van der Waals surface area contributed by atoms with Crippen LogP contribution in [0.3, 0.4) is 0 Å². The van der Waals surface area contributed by atoms with Crippen LogP contribution in [0.2, 0.25) is 0 Å². The second-order valence-corrected chi connectivity index (χ2v) is 7.54. The lowest BCUT2D eigenvalue weighted by Gasteiger charge is -2.23. The molecule has 0 bridgehead atoms. The van der Waals surface area contributed by atoms with E-state index >= 15 is 0 Å². The van der Waals surface area contributed by atoms with E-state index in [9.17, 15) is 9.59 Å². The van der Waals surface area contributed by atoms with Crippen LogP contribution in [-0.2, 0) is 37.4 Å². The zero-order valence-electron chi connectivity index (χ0n) is 16.5. The molecule has 1 aromatic heterocycles. The SMILES string of the molecule is O=C(Cn1nc2n(c1=O)CCCCC2)N(Cc1ccccc1)Cc1ccccc1. The van der Waals surface area contributed by atoms with Crippen molar-refractivity contribution in [3.8, 4) is 0 Å². The number of aromatic nitrogens is 3. The Morgan fingerprint density at radius 1 is 0.897 bits per heavy atom. The van der Waals surface area contributed by atoms with Gasteiger partial charge in [0.15, 0.2) is 0 Å². The Bertz CT molecular complexity index is 967. The summed E-state index contributed by atoms with van der Waals surface area (Å²) in [6.07, 6.45) is 3.94. The molecule has 2 aromatic carbocycles. The molecule has 6 nitrogen and oxygen atoms in total. The molecule has 6 heteroatoms. The van der Waals surface area contributed by atoms with E-state index in [0.29, 0.717) is 19.6 Å². The van der Waals surface area contributed by atoms with Gasteiger partial charge < -0.3 is 4.90 Å². The minimum Gasteiger partial charge on any atom is -0.332 e. The predicted molar refractivity (Wildman–Crippen MR) is 111 cm³/mol. The van der Waals surface area contributed by atoms with E-state index in [1.54, 1.807) is 9.47 Å². The van der Waals surface area contributed by atoms with Crippen LogP contribution in [0.25, 0.3) is 0 Å². The number of carbonyl (C=O) groups is 1. The third-order valence-corrected chi connectivity index (χ3v) is 5.35. The largest absolute Gasteiger partial charge is 0.346 e. The molecule has 0 saturated heterocycles. The lowest BCUT2D eigenvalue weighted by atomic mass is 10.1. The number of fused-ring (bicyclic) bond motifs is 1. The molecular formula is C23H26N4O2. The van der Waals surface area contributed by atoms with Crippen molar-refractivity contribution in [2.75, 3.05) is 0 Å². The van der Waals surface area contributed by atoms with Gasteiger partial charge in [-0.2, -0.15) is 5.10 Å². The average molecular weight is 390 g/mol. The first-order valence-electron chi connectivity index (χ1n) is 10.2. The van der Waals surface area contributed by atoms with Gasteiger partial charge in [-0.15, -0.1) is 0 Å². The van der Waals surface area contributed by atoms with Crippen molar-refractivity contribution in [1.82, 2.24) is 19.2 Å². The number of carbonyl (C=O) groups excluding carboxylic acids is 1. The molecule has 4 rings (SSSR count). The Balaban J connectivity index is 1.55. The van der Waals surface area contributed by atoms with Gasteiger partial charge >= 0.3 is 5.69 Å². The zero-order chi connectivity index (χ0) is 20.1. The van der Waals surface area contributed by atoms with Crippen molar-refractivity contribution >= 4 is 5.91 Å². The molecule has 0 spiro atoms. The molecule has 0 aliphatic carbocycles. The first kappa shape index (κ1) is 19.2. The Kier molecular flexibility index (Phi) is 5.89. The molecule has 29 heavy (non-hydrogen) atoms. The van der Waals surface area contributed by atoms with Crippen molar-refractivity contribution in [2.45, 2.75) is 51.9 Å². The first-order chi connectivity index (χ1) is 14.2. The van der Waals surface area contributed by atoms with Crippen molar-refractivity contribution in [2.24, 2.45) is 0 Å². The van der Waals surface area contributed by atoms with Gasteiger partial charge in [0.2, 0.25) is 5.91 Å². The second-order valence-electron chi connectivity index (χ2n) is 7.54. The third kappa shape index (κ3) is 4.65. The molecule has 0 radical (unpaired) electrons. The summed E-state index contributed by atoms with van der Waals surface area (Å²) in [4.78, 5) is 27.7. The lowest BCUT2D eigenvalue weighted by Crippen LogP contribution is -2.36. The standard InChI is InChI=1S/C23H26N4O2/c28-22(18-27-23(29)26-15-9-3-8-14-21(26)24-27)25(16-19-10-4-1-5-11-19)17-20-12-6-2-7-13-20/h1-2,4-7,10-13H,3,8-9,14-18H2. The van der Waals surface area contributed by atoms with E-state index in [-0.39, 0.29) is 18.1 Å². The molecule has 2 heterocycles. The van der Waals surface area contributed by atoms with Crippen LogP contribution in [0.15, 0.2) is 65.5 Å². The minimum absolute atomic E-state index is 0.0293. The molecular weight excluding hydrogens is 364 g/mol. The van der Waals surface area contributed by atoms with Crippen molar-refractivity contribution in [1.29, 1.82) is 0 Å². The first-order valence-corrected chi connectivity index (χ1v) is 10.2. The monoisotopic (exact) mass is 390 g/mol. The Morgan fingerprint density at radius 3 is 2.14 bits per heavy atom. The van der Waals surface area contributed by atoms with Gasteiger partial charge in [0, 0.05) is 26.1 Å². The fraction of sp³-hybridized carbons (Fsp3) is 0.348. The maximum atomic E-state index is 13.2. The smallest absolute Gasteiger partial charge is 0.332 e. The highest BCUT2D eigenvalue weighted by atomic mass is 16.2. The van der Waals surface area contributed by atoms with E-state index in [1.807, 2.05) is 60.7 Å². The zero-order valence-corrected chi connectivity index (χ0v) is 16.5. The molecule has 150 valence electrons. The van der Waals surface area contributed by atoms with E-state index < -0.39 is 0 Å². The van der Waals surface area contributed by atoms with E-state index in [2.05, 4.69) is 5.10 Å². The summed E-state index contributed by atoms with van der Waals surface area (Å²) in [7, 11) is 0. The van der Waals surface area contributed by atoms with Crippen molar-refractivity contribution in [3.63, 3.8) is 0 Å². The highest BCUT2D eigenvalue weighted by molar-refractivity contribution is 5.76. The van der Waals surface area contributed by atoms with Crippen LogP contribution >= 0.6 is 0 Å². The average Bonchev–Trinajstić information content (AvgIpc) is 2.91. The van der Waals surface area contributed by atoms with Crippen molar-refractivity contribution < 1.29 is 4.79 Å². The Morgan fingerprint density at radius 2 is 1.52 bits per heavy atom. The topological polar surface area (TPSA) is 60.1 Å². The Hall–Kier alpha value is -3.15. The van der Waals surface area contributed by atoms with Crippen LogP contribution in [0.5, 0.6) is 0 Å². The minimum atomic E-state index is -0.172. The van der Waals surface area contributed by atoms with Gasteiger partial charge in [-0.05, 0) is 24.0 Å². The number of rotatable bonds is 6. The normalized spacial score (nSPS) is 13.5. The quantitative estimate of drug-likeness (QED) is 0.650. The fourth-order valence-electron chi connectivity index (χ4n) is 3.80. The highest BCUT2D eigenvalue weighted by Gasteiger charge is 2.20. The fourth-order valence-corrected chi connectivity index (χ4v) is 3.80. The molecule has 0 fully saturated rings. The number of hydrogen-bond donors (Lipinski definition) is 0. The van der Waals surface area contributed by atoms with E-state index in [0.717, 1.165) is 42.6 Å². The summed E-state index contributed by atoms with van der Waals surface area (Å²) in [6.45, 7) is 1.66. The molecule has 0 N–H and O–H groups in total. The number of amides is 1. The van der Waals surface area contributed by atoms with Gasteiger partial charge in [-0.3, -0.25) is 9.36 Å². The molecule has 3 aromatic rings. The van der Waals surface area contributed by atoms with Gasteiger partial charge in [0.25, 0.3) is 0 Å². The van der Waals surface area contributed by atoms with Gasteiger partial charge in [-0.1, -0.05) is 67.1 Å². The molecule has 1 aliphatic heterocycles. The third-order valence-electron chi connectivity index (χ3n) is 5.35. The number of aryl methyl sites for hydroxylation is 1. The maximum Gasteiger partial charge on any atom is 0.346 e. The van der Waals surface area contributed by atoms with E-state index in [1.165, 1.54) is 4.68 Å². The van der Waals surface area contributed by atoms with Crippen molar-refractivity contribution in [3.05, 3.63) is 88.1 Å². The van der Waals surface area contributed by atoms with Crippen LogP contribution in [-0.4, -0.2) is 25.2 Å². The summed E-state index contributed by atoms with van der Waals surface area (Å²) in [5.41, 5.74) is 1.95. The molecule has 1 amide bonds. The number of hydrogen-bond acceptors (Lipinski definition) is 3. The Labute approximate surface area is 170 Å². The molecule has 0 atom stereocenters. The van der Waals surface area contributed by atoms with Gasteiger partial charge in [0.1, 0.15) is 12.4 Å². The summed E-state index contributed by atoms with van der Waals surface area (Å²) >= 11 is 0. The number of nitrogens with zero attached hydrogens (tertiary/aromatic N) is 4. The summed E-state index contributed by atoms with van der Waals surface area (Å²) in [5, 5.41) is 4.47. The van der Waals surface area contributed by atoms with Gasteiger partial charge in [-0.25, -0.2) is 9.48 Å². The van der Waals surface area contributed by atoms with Crippen LogP contribution < -0.4 is 5.69 Å². The van der Waals surface area contributed by atoms with Gasteiger partial charge in [0.05, 0.1) is 0 Å². The molecule has 0 saturated carbocycles. The molecule has 1 aliphatic rings. The van der Waals surface area contributed by atoms with Crippen LogP contribution in [0.1, 0.15) is 36.2 Å². The summed E-state index contributed by atoms with van der Waals surface area (Å²) in [5.74, 6) is 0.700. The van der Waals surface area contributed by atoms with E-state index in [4.69, 9.17) is 0 Å². The predicted octanol–water partition coefficient (Wildman–Crippen LogP) is 3.00. The van der Waals surface area contributed by atoms with Crippen LogP contribution in [0.4, 0.5) is 0 Å². The lowest BCUT2D eigenvalue weighted by molar-refractivity contribution is -0.133. The summed E-state index contributed by atoms with van der Waals surface area (Å²) in [6, 6.07) is 19.8. The maximum absolute atomic E-state index is 13.2. The highest BCUT2D eigenvalue weighted by Crippen LogP contribution is 2.13. The second kappa shape index (κ2) is 8.90. The summed E-state index contributed by atoms with van der Waals surface area (Å²) < 4.78 is 3.07.